The fourth-order valence-electron chi connectivity index (χ4n) is 0.675. The van der Waals surface area contributed by atoms with Gasteiger partial charge in [0.15, 0.2) is 0 Å². The zero-order chi connectivity index (χ0) is 11.8. The molecule has 1 unspecified atom stereocenters. The fourth-order valence-corrected chi connectivity index (χ4v) is 1.53. The first-order chi connectivity index (χ1) is 6.97. The molecule has 0 aromatic carbocycles. The van der Waals surface area contributed by atoms with Crippen LogP contribution in [0.15, 0.2) is 0 Å². The Morgan fingerprint density at radius 3 is 2.47 bits per heavy atom. The van der Waals surface area contributed by atoms with E-state index >= 15 is 0 Å². The highest BCUT2D eigenvalue weighted by atomic mass is 32.2. The predicted molar refractivity (Wildman–Crippen MR) is 56.8 cm³/mol. The van der Waals surface area contributed by atoms with Crippen molar-refractivity contribution in [1.82, 2.24) is 10.6 Å². The molecule has 0 fully saturated rings. The molecule has 0 saturated carbocycles. The quantitative estimate of drug-likeness (QED) is 0.624. The van der Waals surface area contributed by atoms with Gasteiger partial charge in [-0.3, -0.25) is 14.9 Å². The minimum absolute atomic E-state index is 0.00224. The fraction of sp³-hybridized carbons (Fsp3) is 0.625. The molecule has 7 heteroatoms. The van der Waals surface area contributed by atoms with E-state index in [1.807, 2.05) is 0 Å². The van der Waals surface area contributed by atoms with Crippen molar-refractivity contribution in [2.75, 3.05) is 12.8 Å². The Morgan fingerprint density at radius 1 is 1.40 bits per heavy atom. The van der Waals surface area contributed by atoms with E-state index in [0.29, 0.717) is 5.75 Å². The Bertz CT molecular complexity index is 257. The Kier molecular flexibility index (Phi) is 6.52. The molecule has 15 heavy (non-hydrogen) atoms. The molecule has 0 saturated heterocycles. The Labute approximate surface area is 91.8 Å². The van der Waals surface area contributed by atoms with Crippen LogP contribution in [0.5, 0.6) is 0 Å². The average Bonchev–Trinajstić information content (AvgIpc) is 2.16. The van der Waals surface area contributed by atoms with Crippen molar-refractivity contribution >= 4 is 29.7 Å². The number of aliphatic carboxylic acids is 1. The Balaban J connectivity index is 3.79. The molecule has 0 aliphatic rings. The second kappa shape index (κ2) is 7.10. The van der Waals surface area contributed by atoms with Crippen LogP contribution < -0.4 is 10.6 Å². The summed E-state index contributed by atoms with van der Waals surface area (Å²) in [5.74, 6) is -0.983. The first kappa shape index (κ1) is 13.8. The van der Waals surface area contributed by atoms with Crippen LogP contribution in [-0.2, 0) is 9.59 Å². The number of carbonyl (C=O) groups is 3. The van der Waals surface area contributed by atoms with Gasteiger partial charge in [-0.15, -0.1) is 11.8 Å². The van der Waals surface area contributed by atoms with E-state index in [1.54, 1.807) is 6.92 Å². The summed E-state index contributed by atoms with van der Waals surface area (Å²) in [4.78, 5) is 32.2. The second-order valence-corrected chi connectivity index (χ2v) is 4.17. The van der Waals surface area contributed by atoms with Crippen LogP contribution in [0.4, 0.5) is 4.79 Å². The summed E-state index contributed by atoms with van der Waals surface area (Å²) in [7, 11) is 1.41. The average molecular weight is 234 g/mol. The van der Waals surface area contributed by atoms with E-state index in [1.165, 1.54) is 18.8 Å². The molecule has 0 rings (SSSR count). The van der Waals surface area contributed by atoms with Crippen molar-refractivity contribution in [3.63, 3.8) is 0 Å². The second-order valence-electron chi connectivity index (χ2n) is 2.73. The molecule has 0 radical (unpaired) electrons. The van der Waals surface area contributed by atoms with Crippen LogP contribution >= 0.6 is 11.8 Å². The smallest absolute Gasteiger partial charge is 0.321 e. The number of carboxylic acid groups (broad SMARTS) is 1. The van der Waals surface area contributed by atoms with Gasteiger partial charge in [-0.05, 0) is 6.92 Å². The van der Waals surface area contributed by atoms with Crippen molar-refractivity contribution in [3.8, 4) is 0 Å². The molecule has 3 N–H and O–H groups in total. The third-order valence-electron chi connectivity index (χ3n) is 1.52. The van der Waals surface area contributed by atoms with Gasteiger partial charge in [-0.2, -0.15) is 0 Å². The summed E-state index contributed by atoms with van der Waals surface area (Å²) in [5, 5.41) is 12.3. The van der Waals surface area contributed by atoms with Gasteiger partial charge in [-0.25, -0.2) is 4.79 Å². The molecule has 0 heterocycles. The van der Waals surface area contributed by atoms with Crippen LogP contribution in [0.1, 0.15) is 13.3 Å². The highest BCUT2D eigenvalue weighted by Crippen LogP contribution is 2.11. The lowest BCUT2D eigenvalue weighted by Crippen LogP contribution is -2.41. The number of hydrogen-bond donors (Lipinski definition) is 3. The number of urea groups is 1. The zero-order valence-electron chi connectivity index (χ0n) is 8.57. The number of nitrogens with one attached hydrogen (secondary N) is 2. The van der Waals surface area contributed by atoms with E-state index in [-0.39, 0.29) is 6.42 Å². The zero-order valence-corrected chi connectivity index (χ0v) is 9.39. The van der Waals surface area contributed by atoms with Gasteiger partial charge >= 0.3 is 12.0 Å². The van der Waals surface area contributed by atoms with E-state index in [0.717, 1.165) is 0 Å². The van der Waals surface area contributed by atoms with Crippen molar-refractivity contribution in [1.29, 1.82) is 0 Å². The lowest BCUT2D eigenvalue weighted by molar-refractivity contribution is -0.136. The molecule has 0 aliphatic carbocycles. The largest absolute Gasteiger partial charge is 0.481 e. The molecule has 1 atom stereocenters. The summed E-state index contributed by atoms with van der Waals surface area (Å²) in [6.07, 6.45) is 0.00224. The molecule has 0 spiro atoms. The maximum atomic E-state index is 11.2. The van der Waals surface area contributed by atoms with E-state index in [2.05, 4.69) is 10.6 Å². The number of rotatable bonds is 5. The maximum absolute atomic E-state index is 11.2. The summed E-state index contributed by atoms with van der Waals surface area (Å²) >= 11 is 1.19. The summed E-state index contributed by atoms with van der Waals surface area (Å²) < 4.78 is 0. The van der Waals surface area contributed by atoms with Gasteiger partial charge in [0.1, 0.15) is 0 Å². The van der Waals surface area contributed by atoms with Gasteiger partial charge in [-0.1, -0.05) is 0 Å². The standard InChI is InChI=1S/C8H14N2O4S/c1-5(15-4-3-6(11)12)7(13)10-8(14)9-2/h5H,3-4H2,1-2H3,(H,11,12)(H2,9,10,13,14). The number of hydrogen-bond acceptors (Lipinski definition) is 4. The maximum Gasteiger partial charge on any atom is 0.321 e. The summed E-state index contributed by atoms with van der Waals surface area (Å²) in [6.45, 7) is 1.62. The molecule has 6 nitrogen and oxygen atoms in total. The van der Waals surface area contributed by atoms with Gasteiger partial charge in [0, 0.05) is 12.8 Å². The van der Waals surface area contributed by atoms with Crippen LogP contribution in [0.3, 0.4) is 0 Å². The lowest BCUT2D eigenvalue weighted by Gasteiger charge is -2.09. The van der Waals surface area contributed by atoms with Crippen molar-refractivity contribution in [2.24, 2.45) is 0 Å². The van der Waals surface area contributed by atoms with Gasteiger partial charge in [0.25, 0.3) is 0 Å². The highest BCUT2D eigenvalue weighted by molar-refractivity contribution is 8.00. The minimum atomic E-state index is -0.901. The summed E-state index contributed by atoms with van der Waals surface area (Å²) in [6, 6.07) is -0.564. The van der Waals surface area contributed by atoms with Crippen molar-refractivity contribution < 1.29 is 19.5 Å². The number of imide groups is 1. The SMILES string of the molecule is CNC(=O)NC(=O)C(C)SCCC(=O)O. The monoisotopic (exact) mass is 234 g/mol. The number of carboxylic acids is 1. The first-order valence-electron chi connectivity index (χ1n) is 4.33. The number of amides is 3. The van der Waals surface area contributed by atoms with Crippen LogP contribution in [-0.4, -0.2) is 41.1 Å². The van der Waals surface area contributed by atoms with Crippen LogP contribution in [0, 0.1) is 0 Å². The van der Waals surface area contributed by atoms with E-state index < -0.39 is 23.2 Å². The molecule has 86 valence electrons. The first-order valence-corrected chi connectivity index (χ1v) is 5.38. The molecule has 0 aromatic rings. The normalized spacial score (nSPS) is 11.6. The van der Waals surface area contributed by atoms with Gasteiger partial charge in [0.2, 0.25) is 5.91 Å². The molecule has 3 amide bonds. The van der Waals surface area contributed by atoms with E-state index in [4.69, 9.17) is 5.11 Å². The molecule has 0 bridgehead atoms. The van der Waals surface area contributed by atoms with Gasteiger partial charge < -0.3 is 10.4 Å². The van der Waals surface area contributed by atoms with Crippen LogP contribution in [0.2, 0.25) is 0 Å². The Hall–Kier alpha value is -1.24. The predicted octanol–water partition coefficient (Wildman–Crippen LogP) is 0.0384. The minimum Gasteiger partial charge on any atom is -0.481 e. The van der Waals surface area contributed by atoms with Gasteiger partial charge in [0.05, 0.1) is 11.7 Å². The lowest BCUT2D eigenvalue weighted by atomic mass is 10.4. The number of carbonyl (C=O) groups excluding carboxylic acids is 2. The topological polar surface area (TPSA) is 95.5 Å². The van der Waals surface area contributed by atoms with E-state index in [9.17, 15) is 14.4 Å². The molecule has 0 aliphatic heterocycles. The Morgan fingerprint density at radius 2 is 2.00 bits per heavy atom. The third kappa shape index (κ3) is 6.78. The van der Waals surface area contributed by atoms with Crippen molar-refractivity contribution in [3.05, 3.63) is 0 Å². The van der Waals surface area contributed by atoms with Crippen molar-refractivity contribution in [2.45, 2.75) is 18.6 Å². The van der Waals surface area contributed by atoms with Crippen LogP contribution in [0.25, 0.3) is 0 Å². The molecule has 0 aromatic heterocycles. The third-order valence-corrected chi connectivity index (χ3v) is 2.67. The molecular weight excluding hydrogens is 220 g/mol. The number of thioether (sulfide) groups is 1. The highest BCUT2D eigenvalue weighted by Gasteiger charge is 2.15. The molecular formula is C8H14N2O4S. The summed E-state index contributed by atoms with van der Waals surface area (Å²) in [5.41, 5.74) is 0.